The zero-order valence-electron chi connectivity index (χ0n) is 19.9. The molecular weight excluding hydrogens is 468 g/mol. The Morgan fingerprint density at radius 3 is 2.35 bits per heavy atom. The molecule has 0 N–H and O–H groups in total. The van der Waals surface area contributed by atoms with Crippen LogP contribution in [-0.4, -0.2) is 64.3 Å². The molecule has 0 radical (unpaired) electrons. The minimum Gasteiger partial charge on any atom is -0.341 e. The first-order chi connectivity index (χ1) is 16.0. The smallest absolute Gasteiger partial charge is 0.233 e. The zero-order chi connectivity index (χ0) is 24.5. The van der Waals surface area contributed by atoms with E-state index < -0.39 is 9.84 Å². The Hall–Kier alpha value is -2.65. The third kappa shape index (κ3) is 5.36. The monoisotopic (exact) mass is 498 g/mol. The third-order valence-electron chi connectivity index (χ3n) is 6.13. The van der Waals surface area contributed by atoms with Crippen LogP contribution in [-0.2, 0) is 20.0 Å². The van der Waals surface area contributed by atoms with Crippen molar-refractivity contribution >= 4 is 27.5 Å². The van der Waals surface area contributed by atoms with Crippen molar-refractivity contribution in [2.24, 2.45) is 0 Å². The van der Waals surface area contributed by atoms with E-state index in [1.807, 2.05) is 34.9 Å². The molecule has 0 unspecified atom stereocenters. The number of benzene rings is 2. The molecule has 0 aliphatic carbocycles. The normalized spacial score (nSPS) is 17.6. The number of para-hydroxylation sites is 1. The van der Waals surface area contributed by atoms with Crippen molar-refractivity contribution in [2.45, 2.75) is 43.8 Å². The van der Waals surface area contributed by atoms with Crippen molar-refractivity contribution in [1.29, 1.82) is 0 Å². The van der Waals surface area contributed by atoms with E-state index in [0.29, 0.717) is 17.4 Å². The first kappa shape index (κ1) is 24.5. The fourth-order valence-corrected chi connectivity index (χ4v) is 6.64. The van der Waals surface area contributed by atoms with Crippen molar-refractivity contribution in [3.63, 3.8) is 0 Å². The van der Waals surface area contributed by atoms with Gasteiger partial charge >= 0.3 is 0 Å². The van der Waals surface area contributed by atoms with E-state index in [1.165, 1.54) is 17.3 Å². The van der Waals surface area contributed by atoms with Crippen LogP contribution in [0.4, 0.5) is 0 Å². The first-order valence-corrected chi connectivity index (χ1v) is 14.1. The van der Waals surface area contributed by atoms with E-state index in [4.69, 9.17) is 0 Å². The van der Waals surface area contributed by atoms with E-state index in [0.717, 1.165) is 11.3 Å². The van der Waals surface area contributed by atoms with Crippen molar-refractivity contribution in [1.82, 2.24) is 19.7 Å². The molecule has 0 saturated carbocycles. The summed E-state index contributed by atoms with van der Waals surface area (Å²) in [5, 5.41) is 9.48. The van der Waals surface area contributed by atoms with Crippen molar-refractivity contribution < 1.29 is 13.2 Å². The van der Waals surface area contributed by atoms with Crippen LogP contribution in [0.15, 0.2) is 59.8 Å². The average Bonchev–Trinajstić information content (AvgIpc) is 3.40. The quantitative estimate of drug-likeness (QED) is 0.478. The molecule has 180 valence electrons. The van der Waals surface area contributed by atoms with Crippen molar-refractivity contribution in [3.05, 3.63) is 60.2 Å². The Bertz CT molecular complexity index is 1260. The van der Waals surface area contributed by atoms with Gasteiger partial charge in [0.25, 0.3) is 0 Å². The Kier molecular flexibility index (Phi) is 6.87. The van der Waals surface area contributed by atoms with Gasteiger partial charge in [0.05, 0.1) is 17.3 Å². The predicted molar refractivity (Wildman–Crippen MR) is 136 cm³/mol. The lowest BCUT2D eigenvalue weighted by atomic mass is 9.87. The molecule has 2 aromatic carbocycles. The van der Waals surface area contributed by atoms with E-state index in [2.05, 4.69) is 55.2 Å². The summed E-state index contributed by atoms with van der Waals surface area (Å²) >= 11 is 1.31. The highest BCUT2D eigenvalue weighted by Crippen LogP contribution is 2.30. The van der Waals surface area contributed by atoms with Crippen LogP contribution < -0.4 is 0 Å². The maximum atomic E-state index is 12.8. The minimum atomic E-state index is -3.05. The molecule has 1 atom stereocenters. The summed E-state index contributed by atoms with van der Waals surface area (Å²) in [6.07, 6.45) is 0.490. The number of hydrogen-bond acceptors (Lipinski definition) is 6. The van der Waals surface area contributed by atoms with Gasteiger partial charge in [0, 0.05) is 24.3 Å². The van der Waals surface area contributed by atoms with Gasteiger partial charge in [-0.2, -0.15) is 0 Å². The highest BCUT2D eigenvalue weighted by atomic mass is 32.2. The molecule has 0 spiro atoms. The lowest BCUT2D eigenvalue weighted by molar-refractivity contribution is -0.128. The number of rotatable bonds is 6. The molecule has 34 heavy (non-hydrogen) atoms. The summed E-state index contributed by atoms with van der Waals surface area (Å²) < 4.78 is 25.6. The number of thioether (sulfide) groups is 1. The lowest BCUT2D eigenvalue weighted by Crippen LogP contribution is -2.38. The lowest BCUT2D eigenvalue weighted by Gasteiger charge is -2.23. The molecule has 7 nitrogen and oxygen atoms in total. The summed E-state index contributed by atoms with van der Waals surface area (Å²) in [5.41, 5.74) is 3.14. The predicted octanol–water partition coefficient (Wildman–Crippen LogP) is 3.97. The van der Waals surface area contributed by atoms with Crippen LogP contribution in [0.25, 0.3) is 17.1 Å². The Morgan fingerprint density at radius 2 is 1.76 bits per heavy atom. The fourth-order valence-electron chi connectivity index (χ4n) is 3.99. The zero-order valence-corrected chi connectivity index (χ0v) is 21.6. The summed E-state index contributed by atoms with van der Waals surface area (Å²) in [6, 6.07) is 17.9. The second-order valence-electron chi connectivity index (χ2n) is 9.65. The molecule has 3 aromatic rings. The molecule has 9 heteroatoms. The molecule has 0 bridgehead atoms. The maximum Gasteiger partial charge on any atom is 0.233 e. The van der Waals surface area contributed by atoms with E-state index in [9.17, 15) is 13.2 Å². The van der Waals surface area contributed by atoms with Gasteiger partial charge in [-0.15, -0.1) is 10.2 Å². The van der Waals surface area contributed by atoms with Crippen LogP contribution >= 0.6 is 11.8 Å². The number of aromatic nitrogens is 3. The Labute approximate surface area is 205 Å². The second kappa shape index (κ2) is 9.54. The molecule has 4 rings (SSSR count). The maximum absolute atomic E-state index is 12.8. The van der Waals surface area contributed by atoms with Crippen LogP contribution in [0.3, 0.4) is 0 Å². The minimum absolute atomic E-state index is 0.0365. The van der Waals surface area contributed by atoms with Gasteiger partial charge in [0.1, 0.15) is 0 Å². The number of nitrogens with zero attached hydrogens (tertiary/aromatic N) is 4. The van der Waals surface area contributed by atoms with Gasteiger partial charge in [-0.25, -0.2) is 8.42 Å². The summed E-state index contributed by atoms with van der Waals surface area (Å²) in [6.45, 7) is 6.54. The molecule has 1 fully saturated rings. The van der Waals surface area contributed by atoms with E-state index in [-0.39, 0.29) is 34.6 Å². The highest BCUT2D eigenvalue weighted by Gasteiger charge is 2.32. The molecule has 1 aromatic heterocycles. The highest BCUT2D eigenvalue weighted by molar-refractivity contribution is 7.99. The largest absolute Gasteiger partial charge is 0.341 e. The molecular formula is C25H30N4O3S2. The van der Waals surface area contributed by atoms with E-state index in [1.54, 1.807) is 11.9 Å². The SMILES string of the molecule is CN(C(=O)CSc1nnc(-c2ccc(C(C)(C)C)cc2)n1-c1ccccc1)[C@H]1CCS(=O)(=O)C1. The number of amides is 1. The topological polar surface area (TPSA) is 85.2 Å². The molecule has 2 heterocycles. The number of carbonyl (C=O) groups excluding carboxylic acids is 1. The van der Waals surface area contributed by atoms with Gasteiger partial charge in [-0.1, -0.05) is 75.0 Å². The standard InChI is InChI=1S/C25H30N4O3S2/c1-25(2,3)19-12-10-18(11-13-19)23-26-27-24(29(23)20-8-6-5-7-9-20)33-16-22(30)28(4)21-14-15-34(31,32)17-21/h5-13,21H,14-17H2,1-4H3/t21-/m0/s1. The van der Waals surface area contributed by atoms with Crippen LogP contribution in [0, 0.1) is 0 Å². The number of carbonyl (C=O) groups is 1. The number of hydrogen-bond donors (Lipinski definition) is 0. The Morgan fingerprint density at radius 1 is 1.09 bits per heavy atom. The van der Waals surface area contributed by atoms with Gasteiger partial charge in [0.2, 0.25) is 5.91 Å². The van der Waals surface area contributed by atoms with Gasteiger partial charge in [-0.05, 0) is 29.5 Å². The fraction of sp³-hybridized carbons (Fsp3) is 0.400. The van der Waals surface area contributed by atoms with Gasteiger partial charge in [-0.3, -0.25) is 9.36 Å². The Balaban J connectivity index is 1.59. The van der Waals surface area contributed by atoms with Gasteiger partial charge in [0.15, 0.2) is 20.8 Å². The van der Waals surface area contributed by atoms with Gasteiger partial charge < -0.3 is 4.90 Å². The van der Waals surface area contributed by atoms with E-state index >= 15 is 0 Å². The van der Waals surface area contributed by atoms with Crippen molar-refractivity contribution in [2.75, 3.05) is 24.3 Å². The summed E-state index contributed by atoms with van der Waals surface area (Å²) in [4.78, 5) is 14.4. The third-order valence-corrected chi connectivity index (χ3v) is 8.80. The summed E-state index contributed by atoms with van der Waals surface area (Å²) in [5.74, 6) is 0.917. The molecule has 1 aliphatic heterocycles. The van der Waals surface area contributed by atoms with Crippen LogP contribution in [0.5, 0.6) is 0 Å². The summed E-state index contributed by atoms with van der Waals surface area (Å²) in [7, 11) is -1.37. The van der Waals surface area contributed by atoms with Crippen molar-refractivity contribution in [3.8, 4) is 17.1 Å². The molecule has 1 aliphatic rings. The van der Waals surface area contributed by atoms with Crippen LogP contribution in [0.1, 0.15) is 32.8 Å². The molecule has 1 amide bonds. The van der Waals surface area contributed by atoms with Crippen LogP contribution in [0.2, 0.25) is 0 Å². The average molecular weight is 499 g/mol. The second-order valence-corrected chi connectivity index (χ2v) is 12.8. The molecule has 1 saturated heterocycles. The first-order valence-electron chi connectivity index (χ1n) is 11.3. The number of sulfone groups is 1.